The van der Waals surface area contributed by atoms with Gasteiger partial charge in [-0.1, -0.05) is 0 Å². The molecule has 8 heteroatoms. The summed E-state index contributed by atoms with van der Waals surface area (Å²) >= 11 is 0. The molecule has 2 fully saturated rings. The highest BCUT2D eigenvalue weighted by molar-refractivity contribution is 7.86. The zero-order valence-corrected chi connectivity index (χ0v) is 14.4. The van der Waals surface area contributed by atoms with Crippen molar-refractivity contribution < 1.29 is 17.6 Å². The summed E-state index contributed by atoms with van der Waals surface area (Å²) in [5.74, 6) is 1.85. The van der Waals surface area contributed by atoms with Crippen LogP contribution in [0, 0.1) is 6.92 Å². The number of furan rings is 1. The van der Waals surface area contributed by atoms with Gasteiger partial charge in [-0.05, 0) is 32.0 Å². The third-order valence-electron chi connectivity index (χ3n) is 4.35. The van der Waals surface area contributed by atoms with Gasteiger partial charge in [0.15, 0.2) is 0 Å². The van der Waals surface area contributed by atoms with Crippen molar-refractivity contribution in [1.82, 2.24) is 13.5 Å². The van der Waals surface area contributed by atoms with Gasteiger partial charge < -0.3 is 9.15 Å². The molecule has 130 valence electrons. The van der Waals surface area contributed by atoms with Crippen LogP contribution in [-0.4, -0.2) is 74.4 Å². The predicted molar refractivity (Wildman–Crippen MR) is 86.2 cm³/mol. The standard InChI is InChI=1S/C15H25N3O4S/c1-14-3-4-15(22-14)13-16-5-2-6-17(8-7-16)23(19,20)18-9-11-21-12-10-18/h3-4H,2,5-13H2,1H3. The van der Waals surface area contributed by atoms with E-state index in [4.69, 9.17) is 9.15 Å². The van der Waals surface area contributed by atoms with Crippen LogP contribution in [0.15, 0.2) is 16.5 Å². The minimum atomic E-state index is -3.36. The van der Waals surface area contributed by atoms with Gasteiger partial charge in [-0.2, -0.15) is 17.0 Å². The van der Waals surface area contributed by atoms with E-state index in [1.54, 1.807) is 8.61 Å². The van der Waals surface area contributed by atoms with Crippen LogP contribution in [0.4, 0.5) is 0 Å². The van der Waals surface area contributed by atoms with Gasteiger partial charge in [-0.15, -0.1) is 0 Å². The largest absolute Gasteiger partial charge is 0.465 e. The summed E-state index contributed by atoms with van der Waals surface area (Å²) in [6, 6.07) is 3.95. The van der Waals surface area contributed by atoms with E-state index in [0.29, 0.717) is 39.4 Å². The van der Waals surface area contributed by atoms with Gasteiger partial charge >= 0.3 is 0 Å². The third-order valence-corrected chi connectivity index (χ3v) is 6.38. The number of rotatable bonds is 4. The Balaban J connectivity index is 1.59. The molecule has 3 heterocycles. The van der Waals surface area contributed by atoms with E-state index < -0.39 is 10.2 Å². The topological polar surface area (TPSA) is 66.2 Å². The number of aryl methyl sites for hydroxylation is 1. The average molecular weight is 343 g/mol. The lowest BCUT2D eigenvalue weighted by atomic mass is 10.3. The molecule has 0 unspecified atom stereocenters. The summed E-state index contributed by atoms with van der Waals surface area (Å²) in [5, 5.41) is 0. The van der Waals surface area contributed by atoms with E-state index in [9.17, 15) is 8.42 Å². The van der Waals surface area contributed by atoms with Crippen LogP contribution in [0.2, 0.25) is 0 Å². The molecule has 0 atom stereocenters. The van der Waals surface area contributed by atoms with Crippen LogP contribution in [0.5, 0.6) is 0 Å². The van der Waals surface area contributed by atoms with Gasteiger partial charge in [0.25, 0.3) is 10.2 Å². The van der Waals surface area contributed by atoms with Crippen molar-refractivity contribution >= 4 is 10.2 Å². The Bertz CT molecular complexity index is 610. The van der Waals surface area contributed by atoms with Crippen LogP contribution in [0.3, 0.4) is 0 Å². The molecular formula is C15H25N3O4S. The van der Waals surface area contributed by atoms with Crippen LogP contribution < -0.4 is 0 Å². The van der Waals surface area contributed by atoms with Gasteiger partial charge in [0.2, 0.25) is 0 Å². The number of morpholine rings is 1. The first-order valence-corrected chi connectivity index (χ1v) is 9.56. The number of nitrogens with zero attached hydrogens (tertiary/aromatic N) is 3. The molecule has 0 spiro atoms. The number of ether oxygens (including phenoxy) is 1. The molecule has 2 aliphatic rings. The molecule has 3 rings (SSSR count). The normalized spacial score (nSPS) is 23.0. The summed E-state index contributed by atoms with van der Waals surface area (Å²) in [6.07, 6.45) is 0.837. The first-order valence-electron chi connectivity index (χ1n) is 8.16. The van der Waals surface area contributed by atoms with E-state index in [1.807, 2.05) is 19.1 Å². The van der Waals surface area contributed by atoms with Gasteiger partial charge in [0.1, 0.15) is 11.5 Å². The van der Waals surface area contributed by atoms with Gasteiger partial charge in [-0.3, -0.25) is 4.90 Å². The number of hydrogen-bond donors (Lipinski definition) is 0. The van der Waals surface area contributed by atoms with E-state index >= 15 is 0 Å². The van der Waals surface area contributed by atoms with E-state index in [2.05, 4.69) is 4.90 Å². The molecule has 0 aromatic carbocycles. The maximum atomic E-state index is 12.7. The van der Waals surface area contributed by atoms with Gasteiger partial charge in [0.05, 0.1) is 19.8 Å². The Labute approximate surface area is 138 Å². The van der Waals surface area contributed by atoms with Gasteiger partial charge in [-0.25, -0.2) is 0 Å². The highest BCUT2D eigenvalue weighted by Gasteiger charge is 2.32. The highest BCUT2D eigenvalue weighted by Crippen LogP contribution is 2.16. The lowest BCUT2D eigenvalue weighted by Gasteiger charge is -2.31. The minimum absolute atomic E-state index is 0.453. The fraction of sp³-hybridized carbons (Fsp3) is 0.733. The zero-order chi connectivity index (χ0) is 16.3. The van der Waals surface area contributed by atoms with Crippen LogP contribution in [-0.2, 0) is 21.5 Å². The smallest absolute Gasteiger partial charge is 0.282 e. The van der Waals surface area contributed by atoms with Crippen molar-refractivity contribution in [2.24, 2.45) is 0 Å². The van der Waals surface area contributed by atoms with Crippen LogP contribution in [0.1, 0.15) is 17.9 Å². The molecule has 23 heavy (non-hydrogen) atoms. The summed E-state index contributed by atoms with van der Waals surface area (Å²) in [7, 11) is -3.36. The minimum Gasteiger partial charge on any atom is -0.465 e. The summed E-state index contributed by atoms with van der Waals surface area (Å²) in [6.45, 7) is 7.25. The quantitative estimate of drug-likeness (QED) is 0.804. The van der Waals surface area contributed by atoms with Crippen molar-refractivity contribution in [2.45, 2.75) is 19.9 Å². The molecule has 0 saturated carbocycles. The molecule has 0 N–H and O–H groups in total. The predicted octanol–water partition coefficient (Wildman–Crippen LogP) is 0.673. The fourth-order valence-corrected chi connectivity index (χ4v) is 4.68. The Hall–Kier alpha value is -0.930. The molecule has 1 aromatic heterocycles. The highest BCUT2D eigenvalue weighted by atomic mass is 32.2. The van der Waals surface area contributed by atoms with Crippen LogP contribution >= 0.6 is 0 Å². The Kier molecular flexibility index (Phi) is 5.38. The summed E-state index contributed by atoms with van der Waals surface area (Å²) in [5.41, 5.74) is 0. The molecule has 1 aromatic rings. The molecule has 0 radical (unpaired) electrons. The molecular weight excluding hydrogens is 318 g/mol. The van der Waals surface area contributed by atoms with E-state index in [-0.39, 0.29) is 0 Å². The molecule has 2 aliphatic heterocycles. The summed E-state index contributed by atoms with van der Waals surface area (Å²) < 4.78 is 39.5. The Morgan fingerprint density at radius 3 is 2.43 bits per heavy atom. The third kappa shape index (κ3) is 4.13. The van der Waals surface area contributed by atoms with E-state index in [0.717, 1.165) is 37.6 Å². The van der Waals surface area contributed by atoms with Crippen molar-refractivity contribution in [1.29, 1.82) is 0 Å². The molecule has 0 amide bonds. The lowest BCUT2D eigenvalue weighted by molar-refractivity contribution is 0.0702. The first-order chi connectivity index (χ1) is 11.1. The number of hydrogen-bond acceptors (Lipinski definition) is 5. The van der Waals surface area contributed by atoms with Crippen LogP contribution in [0.25, 0.3) is 0 Å². The fourth-order valence-electron chi connectivity index (χ4n) is 3.07. The maximum absolute atomic E-state index is 12.7. The van der Waals surface area contributed by atoms with Gasteiger partial charge in [0, 0.05) is 32.7 Å². The molecule has 2 saturated heterocycles. The second kappa shape index (κ2) is 7.31. The Morgan fingerprint density at radius 2 is 1.74 bits per heavy atom. The molecule has 0 aliphatic carbocycles. The monoisotopic (exact) mass is 343 g/mol. The Morgan fingerprint density at radius 1 is 1.00 bits per heavy atom. The molecule has 0 bridgehead atoms. The lowest BCUT2D eigenvalue weighted by Crippen LogP contribution is -2.49. The SMILES string of the molecule is Cc1ccc(CN2CCCN(S(=O)(=O)N3CCOCC3)CC2)o1. The van der Waals surface area contributed by atoms with Crippen molar-refractivity contribution in [3.8, 4) is 0 Å². The van der Waals surface area contributed by atoms with Crippen molar-refractivity contribution in [3.05, 3.63) is 23.7 Å². The van der Waals surface area contributed by atoms with Crippen molar-refractivity contribution in [2.75, 3.05) is 52.5 Å². The summed E-state index contributed by atoms with van der Waals surface area (Å²) in [4.78, 5) is 2.26. The second-order valence-corrected chi connectivity index (χ2v) is 7.99. The maximum Gasteiger partial charge on any atom is 0.282 e. The first kappa shape index (κ1) is 16.9. The van der Waals surface area contributed by atoms with Crippen molar-refractivity contribution in [3.63, 3.8) is 0 Å². The van der Waals surface area contributed by atoms with E-state index in [1.165, 1.54) is 0 Å². The zero-order valence-electron chi connectivity index (χ0n) is 13.6. The average Bonchev–Trinajstić information content (AvgIpc) is 2.81. The molecule has 7 nitrogen and oxygen atoms in total. The second-order valence-electron chi connectivity index (χ2n) is 6.06.